The molecular weight excluding hydrogens is 250 g/mol. The number of methoxy groups -OCH3 is 2. The van der Waals surface area contributed by atoms with E-state index in [2.05, 4.69) is 30.3 Å². The molecule has 1 aromatic rings. The maximum absolute atomic E-state index is 11.3. The zero-order valence-electron chi connectivity index (χ0n) is 11.6. The molecule has 19 heavy (non-hydrogen) atoms. The topological polar surface area (TPSA) is 98.3 Å². The van der Waals surface area contributed by atoms with Crippen molar-refractivity contribution in [1.82, 2.24) is 15.0 Å². The van der Waals surface area contributed by atoms with Crippen LogP contribution in [-0.4, -0.2) is 47.7 Å². The van der Waals surface area contributed by atoms with Gasteiger partial charge >= 0.3 is 12.0 Å². The lowest BCUT2D eigenvalue weighted by Gasteiger charge is -2.12. The quantitative estimate of drug-likeness (QED) is 0.697. The molecule has 0 aliphatic rings. The first-order chi connectivity index (χ1) is 9.10. The van der Waals surface area contributed by atoms with Gasteiger partial charge in [0.2, 0.25) is 11.9 Å². The van der Waals surface area contributed by atoms with Gasteiger partial charge in [0.25, 0.3) is 0 Å². The average Bonchev–Trinajstić information content (AvgIpc) is 2.43. The number of nitrogens with zero attached hydrogens (tertiary/aromatic N) is 3. The third-order valence-corrected chi connectivity index (χ3v) is 2.23. The molecule has 1 unspecified atom stereocenters. The largest absolute Gasteiger partial charge is 0.467 e. The van der Waals surface area contributed by atoms with Crippen molar-refractivity contribution in [2.45, 2.75) is 26.3 Å². The van der Waals surface area contributed by atoms with Crippen LogP contribution in [0.1, 0.15) is 20.3 Å². The van der Waals surface area contributed by atoms with Crippen LogP contribution in [0.25, 0.3) is 0 Å². The number of carbonyl (C=O) groups is 1. The van der Waals surface area contributed by atoms with E-state index in [1.54, 1.807) is 6.92 Å². The van der Waals surface area contributed by atoms with Crippen LogP contribution in [0.3, 0.4) is 0 Å². The first-order valence-electron chi connectivity index (χ1n) is 5.99. The van der Waals surface area contributed by atoms with Gasteiger partial charge in [0.1, 0.15) is 6.04 Å². The average molecular weight is 269 g/mol. The van der Waals surface area contributed by atoms with Crippen LogP contribution in [-0.2, 0) is 9.53 Å². The number of aromatic nitrogens is 3. The lowest BCUT2D eigenvalue weighted by Crippen LogP contribution is -2.28. The Labute approximate surface area is 111 Å². The number of esters is 1. The summed E-state index contributed by atoms with van der Waals surface area (Å²) in [6, 6.07) is -0.385. The maximum atomic E-state index is 11.3. The summed E-state index contributed by atoms with van der Waals surface area (Å²) in [5.41, 5.74) is 0. The molecule has 0 saturated heterocycles. The second-order valence-corrected chi connectivity index (χ2v) is 3.79. The second kappa shape index (κ2) is 7.34. The van der Waals surface area contributed by atoms with Gasteiger partial charge in [0.15, 0.2) is 0 Å². The van der Waals surface area contributed by atoms with Crippen molar-refractivity contribution >= 4 is 17.9 Å². The molecule has 1 aromatic heterocycles. The molecule has 1 atom stereocenters. The zero-order chi connectivity index (χ0) is 14.3. The van der Waals surface area contributed by atoms with E-state index in [-0.39, 0.29) is 12.0 Å². The minimum absolute atomic E-state index is 0.174. The Hall–Kier alpha value is -2.12. The Balaban J connectivity index is 2.84. The molecule has 0 saturated carbocycles. The zero-order valence-corrected chi connectivity index (χ0v) is 11.6. The molecule has 106 valence electrons. The smallest absolute Gasteiger partial charge is 0.328 e. The van der Waals surface area contributed by atoms with Crippen molar-refractivity contribution in [3.05, 3.63) is 0 Å². The van der Waals surface area contributed by atoms with E-state index in [4.69, 9.17) is 4.74 Å². The Morgan fingerprint density at radius 1 is 1.26 bits per heavy atom. The lowest BCUT2D eigenvalue weighted by molar-refractivity contribution is -0.141. The molecule has 8 heteroatoms. The number of nitrogens with one attached hydrogen (secondary N) is 2. The monoisotopic (exact) mass is 269 g/mol. The summed E-state index contributed by atoms with van der Waals surface area (Å²) < 4.78 is 9.60. The van der Waals surface area contributed by atoms with E-state index in [0.717, 1.165) is 13.0 Å². The van der Waals surface area contributed by atoms with E-state index in [1.807, 2.05) is 6.92 Å². The normalized spacial score (nSPS) is 11.6. The van der Waals surface area contributed by atoms with Crippen molar-refractivity contribution in [1.29, 1.82) is 0 Å². The number of hydrogen-bond donors (Lipinski definition) is 2. The van der Waals surface area contributed by atoms with Crippen molar-refractivity contribution < 1.29 is 14.3 Å². The number of carbonyl (C=O) groups excluding carboxylic acids is 1. The number of ether oxygens (including phenoxy) is 2. The maximum Gasteiger partial charge on any atom is 0.328 e. The van der Waals surface area contributed by atoms with Gasteiger partial charge in [-0.05, 0) is 13.3 Å². The first-order valence-corrected chi connectivity index (χ1v) is 5.99. The minimum Gasteiger partial charge on any atom is -0.467 e. The first kappa shape index (κ1) is 14.9. The van der Waals surface area contributed by atoms with Gasteiger partial charge in [-0.1, -0.05) is 6.92 Å². The van der Waals surface area contributed by atoms with Gasteiger partial charge in [-0.25, -0.2) is 4.79 Å². The van der Waals surface area contributed by atoms with Crippen LogP contribution >= 0.6 is 0 Å². The SMILES string of the molecule is CCCNc1nc(NC(C)C(=O)OC)nc(OC)n1. The molecule has 1 rings (SSSR count). The number of anilines is 2. The molecule has 8 nitrogen and oxygen atoms in total. The van der Waals surface area contributed by atoms with Crippen molar-refractivity contribution in [2.24, 2.45) is 0 Å². The van der Waals surface area contributed by atoms with Gasteiger partial charge in [-0.2, -0.15) is 15.0 Å². The fourth-order valence-electron chi connectivity index (χ4n) is 1.26. The molecule has 2 N–H and O–H groups in total. The molecule has 0 radical (unpaired) electrons. The third-order valence-electron chi connectivity index (χ3n) is 2.23. The van der Waals surface area contributed by atoms with Gasteiger partial charge in [0, 0.05) is 6.54 Å². The van der Waals surface area contributed by atoms with Crippen LogP contribution in [0.15, 0.2) is 0 Å². The molecule has 0 fully saturated rings. The molecule has 0 aliphatic carbocycles. The summed E-state index contributed by atoms with van der Waals surface area (Å²) in [6.45, 7) is 4.42. The minimum atomic E-state index is -0.559. The molecule has 0 amide bonds. The van der Waals surface area contributed by atoms with Crippen LogP contribution in [0, 0.1) is 0 Å². The van der Waals surface area contributed by atoms with E-state index in [1.165, 1.54) is 14.2 Å². The lowest BCUT2D eigenvalue weighted by atomic mass is 10.3. The van der Waals surface area contributed by atoms with Gasteiger partial charge in [0.05, 0.1) is 14.2 Å². The molecule has 1 heterocycles. The summed E-state index contributed by atoms with van der Waals surface area (Å²) >= 11 is 0. The van der Waals surface area contributed by atoms with Crippen molar-refractivity contribution in [3.8, 4) is 6.01 Å². The van der Waals surface area contributed by atoms with E-state index < -0.39 is 12.0 Å². The molecule has 0 aliphatic heterocycles. The summed E-state index contributed by atoms with van der Waals surface area (Å²) in [6.07, 6.45) is 0.940. The van der Waals surface area contributed by atoms with Crippen LogP contribution in [0.5, 0.6) is 6.01 Å². The van der Waals surface area contributed by atoms with Crippen LogP contribution < -0.4 is 15.4 Å². The number of hydrogen-bond acceptors (Lipinski definition) is 8. The highest BCUT2D eigenvalue weighted by molar-refractivity contribution is 5.77. The fraction of sp³-hybridized carbons (Fsp3) is 0.636. The van der Waals surface area contributed by atoms with Crippen molar-refractivity contribution in [2.75, 3.05) is 31.4 Å². The van der Waals surface area contributed by atoms with Crippen molar-refractivity contribution in [3.63, 3.8) is 0 Å². The number of rotatable bonds is 7. The summed E-state index contributed by atoms with van der Waals surface area (Å²) in [7, 11) is 2.79. The summed E-state index contributed by atoms with van der Waals surface area (Å²) in [5.74, 6) is 0.249. The van der Waals surface area contributed by atoms with Crippen LogP contribution in [0.4, 0.5) is 11.9 Å². The predicted molar refractivity (Wildman–Crippen MR) is 70.3 cm³/mol. The second-order valence-electron chi connectivity index (χ2n) is 3.79. The highest BCUT2D eigenvalue weighted by atomic mass is 16.5. The summed E-state index contributed by atoms with van der Waals surface area (Å²) in [4.78, 5) is 23.5. The van der Waals surface area contributed by atoms with Gasteiger partial charge in [-0.3, -0.25) is 0 Å². The molecule has 0 aromatic carbocycles. The third kappa shape index (κ3) is 4.57. The highest BCUT2D eigenvalue weighted by Crippen LogP contribution is 2.11. The van der Waals surface area contributed by atoms with Crippen LogP contribution in [0.2, 0.25) is 0 Å². The van der Waals surface area contributed by atoms with E-state index in [9.17, 15) is 4.79 Å². The molecular formula is C11H19N5O3. The highest BCUT2D eigenvalue weighted by Gasteiger charge is 2.15. The Bertz CT molecular complexity index is 427. The van der Waals surface area contributed by atoms with Gasteiger partial charge in [-0.15, -0.1) is 0 Å². The molecule has 0 bridgehead atoms. The fourth-order valence-corrected chi connectivity index (χ4v) is 1.26. The van der Waals surface area contributed by atoms with E-state index in [0.29, 0.717) is 5.95 Å². The Morgan fingerprint density at radius 3 is 2.53 bits per heavy atom. The summed E-state index contributed by atoms with van der Waals surface area (Å²) in [5, 5.41) is 5.85. The standard InChI is InChI=1S/C11H19N5O3/c1-5-6-12-9-14-10(16-11(15-9)19-4)13-7(2)8(17)18-3/h7H,5-6H2,1-4H3,(H2,12,13,14,15,16). The Morgan fingerprint density at radius 2 is 1.95 bits per heavy atom. The Kier molecular flexibility index (Phi) is 5.77. The van der Waals surface area contributed by atoms with Gasteiger partial charge < -0.3 is 20.1 Å². The van der Waals surface area contributed by atoms with E-state index >= 15 is 0 Å². The molecule has 0 spiro atoms. The predicted octanol–water partition coefficient (Wildman–Crippen LogP) is 0.675.